The van der Waals surface area contributed by atoms with E-state index in [0.29, 0.717) is 5.88 Å². The fourth-order valence-corrected chi connectivity index (χ4v) is 2.50. The summed E-state index contributed by atoms with van der Waals surface area (Å²) < 4.78 is 21.1. The van der Waals surface area contributed by atoms with E-state index in [-0.39, 0.29) is 18.1 Å². The minimum absolute atomic E-state index is 0.224. The van der Waals surface area contributed by atoms with Crippen molar-refractivity contribution in [1.82, 2.24) is 0 Å². The van der Waals surface area contributed by atoms with Crippen molar-refractivity contribution < 1.29 is 28.9 Å². The van der Waals surface area contributed by atoms with Gasteiger partial charge in [-0.2, -0.15) is 0 Å². The van der Waals surface area contributed by atoms with E-state index in [9.17, 15) is 9.46 Å². The number of phosphoric acid groups is 1. The third-order valence-corrected chi connectivity index (χ3v) is 3.65. The number of alkyl halides is 1. The van der Waals surface area contributed by atoms with Crippen LogP contribution in [0, 0.1) is 0 Å². The molecule has 2 aromatic carbocycles. The van der Waals surface area contributed by atoms with Crippen LogP contribution in [0.15, 0.2) is 60.7 Å². The third-order valence-electron chi connectivity index (χ3n) is 2.57. The van der Waals surface area contributed by atoms with Crippen molar-refractivity contribution in [2.24, 2.45) is 0 Å². The molecule has 132 valence electrons. The minimum Gasteiger partial charge on any atom is -0.736 e. The van der Waals surface area contributed by atoms with Gasteiger partial charge in [0.15, 0.2) is 0 Å². The Hall–Kier alpha value is -1.56. The molecule has 8 heteroatoms. The quantitative estimate of drug-likeness (QED) is 0.414. The summed E-state index contributed by atoms with van der Waals surface area (Å²) in [6.45, 7) is 1.92. The molecule has 2 rings (SSSR count). The fourth-order valence-electron chi connectivity index (χ4n) is 1.55. The van der Waals surface area contributed by atoms with Gasteiger partial charge in [0.2, 0.25) is 0 Å². The average Bonchev–Trinajstić information content (AvgIpc) is 2.57. The number of aliphatic hydroxyl groups is 1. The predicted molar refractivity (Wildman–Crippen MR) is 91.2 cm³/mol. The number of rotatable bonds is 8. The van der Waals surface area contributed by atoms with Gasteiger partial charge >= 0.3 is 7.82 Å². The second-order valence-corrected chi connectivity index (χ2v) is 6.17. The summed E-state index contributed by atoms with van der Waals surface area (Å²) in [5, 5.41) is 10.2. The second-order valence-electron chi connectivity index (χ2n) is 4.53. The van der Waals surface area contributed by atoms with Gasteiger partial charge in [-0.25, -0.2) is 4.57 Å². The Morgan fingerprint density at radius 3 is 1.79 bits per heavy atom. The van der Waals surface area contributed by atoms with Gasteiger partial charge in [-0.1, -0.05) is 36.4 Å². The highest BCUT2D eigenvalue weighted by atomic mass is 35.5. The predicted octanol–water partition coefficient (Wildman–Crippen LogP) is 1.39. The standard InChI is InChI=1S/C12H11O4P.C4H10ClNO/c13-17(14,15-11-7-3-1-4-8-11)16-12-9-5-2-6-10-12;5-1-2-6-3-4-7/h1-10H,(H,13,14);6-7H,1-4H2. The molecule has 3 N–H and O–H groups in total. The topological polar surface area (TPSA) is 95.4 Å². The van der Waals surface area contributed by atoms with E-state index in [1.807, 2.05) is 5.32 Å². The molecule has 0 spiro atoms. The second kappa shape index (κ2) is 11.9. The molecule has 0 aliphatic rings. The molecule has 0 atom stereocenters. The maximum atomic E-state index is 11.6. The van der Waals surface area contributed by atoms with Gasteiger partial charge in [0.25, 0.3) is 0 Å². The lowest BCUT2D eigenvalue weighted by atomic mass is 10.3. The molecule has 24 heavy (non-hydrogen) atoms. The minimum atomic E-state index is -4.39. The summed E-state index contributed by atoms with van der Waals surface area (Å²) in [5.74, 6) is 1.11. The smallest absolute Gasteiger partial charge is 0.372 e. The number of phosphoric ester groups is 1. The first-order valence-corrected chi connectivity index (χ1v) is 9.36. The summed E-state index contributed by atoms with van der Waals surface area (Å²) in [7, 11) is -4.39. The van der Waals surface area contributed by atoms with Gasteiger partial charge in [-0.05, 0) is 24.3 Å². The lowest BCUT2D eigenvalue weighted by Gasteiger charge is -2.23. The van der Waals surface area contributed by atoms with Crippen LogP contribution in [-0.2, 0) is 4.57 Å². The van der Waals surface area contributed by atoms with E-state index in [4.69, 9.17) is 25.8 Å². The van der Waals surface area contributed by atoms with Gasteiger partial charge in [-0.3, -0.25) is 0 Å². The van der Waals surface area contributed by atoms with Crippen LogP contribution in [0.3, 0.4) is 0 Å². The molecule has 0 unspecified atom stereocenters. The Balaban J connectivity index is 0.000000351. The molecule has 0 radical (unpaired) electrons. The zero-order valence-electron chi connectivity index (χ0n) is 13.1. The van der Waals surface area contributed by atoms with Crippen molar-refractivity contribution in [2.75, 3.05) is 25.6 Å². The van der Waals surface area contributed by atoms with Crippen LogP contribution in [0.4, 0.5) is 0 Å². The van der Waals surface area contributed by atoms with Crippen LogP contribution in [-0.4, -0.2) is 30.7 Å². The van der Waals surface area contributed by atoms with Gasteiger partial charge in [0.05, 0.1) is 25.6 Å². The largest absolute Gasteiger partial charge is 0.736 e. The Morgan fingerprint density at radius 2 is 1.42 bits per heavy atom. The summed E-state index contributed by atoms with van der Waals surface area (Å²) in [6, 6.07) is 16.4. The average molecular weight is 374 g/mol. The molecule has 0 bridgehead atoms. The highest BCUT2D eigenvalue weighted by molar-refractivity contribution is 7.46. The van der Waals surface area contributed by atoms with Gasteiger partial charge in [-0.15, -0.1) is 11.6 Å². The van der Waals surface area contributed by atoms with Crippen LogP contribution in [0.1, 0.15) is 0 Å². The maximum Gasteiger partial charge on any atom is 0.372 e. The summed E-state index contributed by atoms with van der Waals surface area (Å²) in [5.41, 5.74) is 0. The molecular formula is C16H21ClNO5P. The van der Waals surface area contributed by atoms with E-state index in [1.54, 1.807) is 60.7 Å². The molecule has 0 saturated heterocycles. The number of hydrogen-bond donors (Lipinski definition) is 2. The monoisotopic (exact) mass is 373 g/mol. The number of para-hydroxylation sites is 2. The van der Waals surface area contributed by atoms with E-state index >= 15 is 0 Å². The number of quaternary nitrogens is 1. The molecule has 6 nitrogen and oxygen atoms in total. The Kier molecular flexibility index (Phi) is 10.2. The zero-order valence-corrected chi connectivity index (χ0v) is 14.7. The highest BCUT2D eigenvalue weighted by Crippen LogP contribution is 2.40. The molecule has 0 fully saturated rings. The lowest BCUT2D eigenvalue weighted by molar-refractivity contribution is -0.652. The number of halogens is 1. The van der Waals surface area contributed by atoms with Gasteiger partial charge in [0.1, 0.15) is 11.5 Å². The summed E-state index contributed by atoms with van der Waals surface area (Å²) in [6.07, 6.45) is 0. The highest BCUT2D eigenvalue weighted by Gasteiger charge is 2.12. The van der Waals surface area contributed by atoms with Crippen molar-refractivity contribution in [2.45, 2.75) is 0 Å². The number of hydrogen-bond acceptors (Lipinski definition) is 5. The Labute approximate surface area is 146 Å². The van der Waals surface area contributed by atoms with E-state index in [0.717, 1.165) is 13.1 Å². The van der Waals surface area contributed by atoms with Gasteiger partial charge in [0, 0.05) is 0 Å². The van der Waals surface area contributed by atoms with Crippen LogP contribution >= 0.6 is 19.4 Å². The van der Waals surface area contributed by atoms with Crippen LogP contribution in [0.25, 0.3) is 0 Å². The van der Waals surface area contributed by atoms with Crippen LogP contribution < -0.4 is 19.3 Å². The third kappa shape index (κ3) is 9.55. The van der Waals surface area contributed by atoms with E-state index in [1.165, 1.54) is 0 Å². The molecule has 0 aromatic heterocycles. The molecule has 0 aliphatic heterocycles. The van der Waals surface area contributed by atoms with Crippen LogP contribution in [0.2, 0.25) is 0 Å². The van der Waals surface area contributed by atoms with Gasteiger partial charge < -0.3 is 24.4 Å². The summed E-state index contributed by atoms with van der Waals surface area (Å²) in [4.78, 5) is 11.6. The number of nitrogens with two attached hydrogens (primary N) is 1. The normalized spacial score (nSPS) is 10.5. The van der Waals surface area contributed by atoms with Crippen molar-refractivity contribution in [3.8, 4) is 11.5 Å². The van der Waals surface area contributed by atoms with Crippen LogP contribution in [0.5, 0.6) is 11.5 Å². The first-order valence-electron chi connectivity index (χ1n) is 7.36. The number of benzene rings is 2. The van der Waals surface area contributed by atoms with Crippen molar-refractivity contribution in [3.63, 3.8) is 0 Å². The first-order chi connectivity index (χ1) is 11.6. The molecule has 0 amide bonds. The molecule has 2 aromatic rings. The maximum absolute atomic E-state index is 11.6. The van der Waals surface area contributed by atoms with E-state index < -0.39 is 7.82 Å². The molecule has 0 heterocycles. The first kappa shape index (κ1) is 20.5. The summed E-state index contributed by atoms with van der Waals surface area (Å²) >= 11 is 5.32. The van der Waals surface area contributed by atoms with Crippen molar-refractivity contribution in [1.29, 1.82) is 0 Å². The van der Waals surface area contributed by atoms with Crippen molar-refractivity contribution in [3.05, 3.63) is 60.7 Å². The Bertz CT molecular complexity index is 550. The molecular weight excluding hydrogens is 353 g/mol. The lowest BCUT2D eigenvalue weighted by Crippen LogP contribution is -2.85. The fraction of sp³-hybridized carbons (Fsp3) is 0.250. The zero-order chi connectivity index (χ0) is 17.7. The SMILES string of the molecule is O=P([O-])(Oc1ccccc1)Oc1ccccc1.OCC[NH2+]CCCl. The Morgan fingerprint density at radius 1 is 0.958 bits per heavy atom. The van der Waals surface area contributed by atoms with E-state index in [2.05, 4.69) is 0 Å². The molecule has 0 saturated carbocycles. The number of aliphatic hydroxyl groups excluding tert-OH is 1. The molecule has 0 aliphatic carbocycles. The van der Waals surface area contributed by atoms with Crippen molar-refractivity contribution >= 4 is 19.4 Å².